The van der Waals surface area contributed by atoms with Gasteiger partial charge in [0.25, 0.3) is 0 Å². The third-order valence-electron chi connectivity index (χ3n) is 2.50. The number of furan rings is 2. The monoisotopic (exact) mass is 256 g/mol. The zero-order valence-electron chi connectivity index (χ0n) is 9.61. The van der Waals surface area contributed by atoms with Gasteiger partial charge in [-0.3, -0.25) is 0 Å². The largest absolute Gasteiger partial charge is 0.476 e. The Morgan fingerprint density at radius 2 is 1.68 bits per heavy atom. The molecule has 19 heavy (non-hydrogen) atoms. The van der Waals surface area contributed by atoms with Crippen LogP contribution in [0.5, 0.6) is 0 Å². The summed E-state index contributed by atoms with van der Waals surface area (Å²) in [4.78, 5) is 19.1. The van der Waals surface area contributed by atoms with Crippen molar-refractivity contribution in [3.63, 3.8) is 0 Å². The van der Waals surface area contributed by atoms with Crippen LogP contribution in [0.15, 0.2) is 51.8 Å². The van der Waals surface area contributed by atoms with Gasteiger partial charge in [-0.05, 0) is 24.3 Å². The van der Waals surface area contributed by atoms with Gasteiger partial charge in [0.2, 0.25) is 0 Å². The van der Waals surface area contributed by atoms with Crippen LogP contribution >= 0.6 is 0 Å². The smallest absolute Gasteiger partial charge is 0.356 e. The van der Waals surface area contributed by atoms with Crippen LogP contribution in [-0.2, 0) is 0 Å². The minimum atomic E-state index is -1.15. The van der Waals surface area contributed by atoms with Gasteiger partial charge < -0.3 is 13.9 Å². The Morgan fingerprint density at radius 1 is 1.05 bits per heavy atom. The van der Waals surface area contributed by atoms with Crippen LogP contribution in [0, 0.1) is 0 Å². The molecule has 0 atom stereocenters. The average Bonchev–Trinajstić information content (AvgIpc) is 3.11. The molecule has 3 aromatic heterocycles. The summed E-state index contributed by atoms with van der Waals surface area (Å²) in [7, 11) is 0. The maximum Gasteiger partial charge on any atom is 0.356 e. The van der Waals surface area contributed by atoms with E-state index in [1.54, 1.807) is 24.3 Å². The number of aromatic nitrogens is 2. The predicted octanol–water partition coefficient (Wildman–Crippen LogP) is 2.69. The van der Waals surface area contributed by atoms with E-state index >= 15 is 0 Å². The predicted molar refractivity (Wildman–Crippen MR) is 64.4 cm³/mol. The number of nitrogens with zero attached hydrogens (tertiary/aromatic N) is 2. The fraction of sp³-hybridized carbons (Fsp3) is 0. The topological polar surface area (TPSA) is 89.4 Å². The Kier molecular flexibility index (Phi) is 2.60. The van der Waals surface area contributed by atoms with E-state index in [0.29, 0.717) is 22.9 Å². The molecule has 1 N–H and O–H groups in total. The molecule has 3 heterocycles. The Morgan fingerprint density at radius 3 is 2.21 bits per heavy atom. The fourth-order valence-electron chi connectivity index (χ4n) is 1.67. The second-order valence-corrected chi connectivity index (χ2v) is 3.71. The molecule has 3 rings (SSSR count). The molecule has 0 saturated carbocycles. The number of hydrogen-bond acceptors (Lipinski definition) is 5. The lowest BCUT2D eigenvalue weighted by Crippen LogP contribution is -2.03. The van der Waals surface area contributed by atoms with Crippen molar-refractivity contribution < 1.29 is 18.7 Å². The highest BCUT2D eigenvalue weighted by Gasteiger charge is 2.18. The van der Waals surface area contributed by atoms with Gasteiger partial charge in [-0.2, -0.15) is 0 Å². The van der Waals surface area contributed by atoms with E-state index in [9.17, 15) is 4.79 Å². The van der Waals surface area contributed by atoms with Crippen LogP contribution in [0.1, 0.15) is 10.5 Å². The Hall–Kier alpha value is -2.89. The molecular formula is C13H8N2O4. The SMILES string of the molecule is O=C(O)c1cnc(-c2ccco2)c(-c2ccco2)n1. The van der Waals surface area contributed by atoms with Gasteiger partial charge in [0.15, 0.2) is 17.2 Å². The van der Waals surface area contributed by atoms with Crippen LogP contribution in [0.3, 0.4) is 0 Å². The lowest BCUT2D eigenvalue weighted by atomic mass is 10.2. The van der Waals surface area contributed by atoms with E-state index in [2.05, 4.69) is 9.97 Å². The van der Waals surface area contributed by atoms with Gasteiger partial charge in [-0.25, -0.2) is 14.8 Å². The van der Waals surface area contributed by atoms with E-state index in [-0.39, 0.29) is 5.69 Å². The highest BCUT2D eigenvalue weighted by molar-refractivity contribution is 5.86. The highest BCUT2D eigenvalue weighted by atomic mass is 16.4. The summed E-state index contributed by atoms with van der Waals surface area (Å²) in [5, 5.41) is 8.97. The molecule has 0 radical (unpaired) electrons. The second kappa shape index (κ2) is 4.41. The van der Waals surface area contributed by atoms with E-state index in [0.717, 1.165) is 0 Å². The van der Waals surface area contributed by atoms with Crippen molar-refractivity contribution in [2.24, 2.45) is 0 Å². The van der Waals surface area contributed by atoms with Gasteiger partial charge >= 0.3 is 5.97 Å². The molecule has 6 heteroatoms. The van der Waals surface area contributed by atoms with Crippen LogP contribution in [0.25, 0.3) is 22.9 Å². The van der Waals surface area contributed by atoms with Crippen molar-refractivity contribution in [3.05, 3.63) is 48.7 Å². The van der Waals surface area contributed by atoms with Gasteiger partial charge in [-0.1, -0.05) is 0 Å². The summed E-state index contributed by atoms with van der Waals surface area (Å²) in [5.74, 6) is -0.218. The fourth-order valence-corrected chi connectivity index (χ4v) is 1.67. The summed E-state index contributed by atoms with van der Waals surface area (Å²) in [6.07, 6.45) is 4.18. The van der Waals surface area contributed by atoms with E-state index in [1.165, 1.54) is 18.7 Å². The van der Waals surface area contributed by atoms with E-state index < -0.39 is 5.97 Å². The number of carboxylic acid groups (broad SMARTS) is 1. The van der Waals surface area contributed by atoms with Gasteiger partial charge in [0.05, 0.1) is 18.7 Å². The number of carbonyl (C=O) groups is 1. The first-order valence-electron chi connectivity index (χ1n) is 5.44. The first kappa shape index (κ1) is 11.2. The first-order valence-corrected chi connectivity index (χ1v) is 5.44. The second-order valence-electron chi connectivity index (χ2n) is 3.71. The van der Waals surface area contributed by atoms with Gasteiger partial charge in [-0.15, -0.1) is 0 Å². The van der Waals surface area contributed by atoms with Crippen LogP contribution < -0.4 is 0 Å². The number of hydrogen-bond donors (Lipinski definition) is 1. The maximum atomic E-state index is 11.0. The van der Waals surface area contributed by atoms with Gasteiger partial charge in [0, 0.05) is 0 Å². The molecule has 0 aliphatic rings. The van der Waals surface area contributed by atoms with Crippen molar-refractivity contribution in [1.29, 1.82) is 0 Å². The van der Waals surface area contributed by atoms with Crippen molar-refractivity contribution in [1.82, 2.24) is 9.97 Å². The summed E-state index contributed by atoms with van der Waals surface area (Å²) >= 11 is 0. The molecule has 6 nitrogen and oxygen atoms in total. The molecule has 0 unspecified atom stereocenters. The molecule has 0 amide bonds. The lowest BCUT2D eigenvalue weighted by molar-refractivity contribution is 0.0690. The molecular weight excluding hydrogens is 248 g/mol. The van der Waals surface area contributed by atoms with Crippen molar-refractivity contribution in [3.8, 4) is 22.9 Å². The normalized spacial score (nSPS) is 10.5. The molecule has 3 aromatic rings. The molecule has 0 aromatic carbocycles. The van der Waals surface area contributed by atoms with Crippen molar-refractivity contribution in [2.75, 3.05) is 0 Å². The molecule has 94 valence electrons. The minimum Gasteiger partial charge on any atom is -0.476 e. The maximum absolute atomic E-state index is 11.0. The summed E-state index contributed by atoms with van der Waals surface area (Å²) in [5.41, 5.74) is 0.617. The zero-order valence-corrected chi connectivity index (χ0v) is 9.61. The summed E-state index contributed by atoms with van der Waals surface area (Å²) in [6, 6.07) is 6.81. The van der Waals surface area contributed by atoms with Gasteiger partial charge in [0.1, 0.15) is 11.4 Å². The third kappa shape index (κ3) is 1.99. The lowest BCUT2D eigenvalue weighted by Gasteiger charge is -2.04. The van der Waals surface area contributed by atoms with Crippen LogP contribution in [0.2, 0.25) is 0 Å². The molecule has 0 saturated heterocycles. The highest BCUT2D eigenvalue weighted by Crippen LogP contribution is 2.29. The Balaban J connectivity index is 2.22. The molecule has 0 aliphatic heterocycles. The molecule has 0 bridgehead atoms. The third-order valence-corrected chi connectivity index (χ3v) is 2.50. The minimum absolute atomic E-state index is 0.151. The van der Waals surface area contributed by atoms with Crippen molar-refractivity contribution in [2.45, 2.75) is 0 Å². The summed E-state index contributed by atoms with van der Waals surface area (Å²) in [6.45, 7) is 0. The van der Waals surface area contributed by atoms with Crippen LogP contribution in [0.4, 0.5) is 0 Å². The quantitative estimate of drug-likeness (QED) is 0.774. The number of rotatable bonds is 3. The Labute approximate surface area is 107 Å². The molecule has 0 spiro atoms. The van der Waals surface area contributed by atoms with E-state index in [4.69, 9.17) is 13.9 Å². The first-order chi connectivity index (χ1) is 9.25. The van der Waals surface area contributed by atoms with E-state index in [1.807, 2.05) is 0 Å². The molecule has 0 aliphatic carbocycles. The Bertz CT molecular complexity index is 702. The van der Waals surface area contributed by atoms with Crippen molar-refractivity contribution >= 4 is 5.97 Å². The molecule has 0 fully saturated rings. The standard InChI is InChI=1S/C13H8N2O4/c16-13(17)8-7-14-11(9-3-1-5-18-9)12(15-8)10-4-2-6-19-10/h1-7H,(H,16,17). The summed E-state index contributed by atoms with van der Waals surface area (Å²) < 4.78 is 10.5. The average molecular weight is 256 g/mol. The number of carboxylic acids is 1. The zero-order chi connectivity index (χ0) is 13.2. The number of aromatic carboxylic acids is 1. The van der Waals surface area contributed by atoms with Crippen LogP contribution in [-0.4, -0.2) is 21.0 Å².